The van der Waals surface area contributed by atoms with Gasteiger partial charge in [0, 0.05) is 24.7 Å². The Balaban J connectivity index is 1.43. The van der Waals surface area contributed by atoms with Gasteiger partial charge >= 0.3 is 0 Å². The number of fused-ring (bicyclic) bond motifs is 1. The van der Waals surface area contributed by atoms with E-state index in [1.165, 1.54) is 0 Å². The van der Waals surface area contributed by atoms with Gasteiger partial charge in [-0.2, -0.15) is 4.52 Å². The lowest BCUT2D eigenvalue weighted by atomic mass is 10.2. The van der Waals surface area contributed by atoms with E-state index in [2.05, 4.69) is 34.6 Å². The summed E-state index contributed by atoms with van der Waals surface area (Å²) in [6, 6.07) is 9.41. The molecule has 198 valence electrons. The Labute approximate surface area is 224 Å². The first-order valence-electron chi connectivity index (χ1n) is 12.1. The summed E-state index contributed by atoms with van der Waals surface area (Å²) in [5.74, 6) is 2.93. The maximum absolute atomic E-state index is 5.56. The van der Waals surface area contributed by atoms with Gasteiger partial charge in [-0.15, -0.1) is 16.4 Å². The maximum atomic E-state index is 5.56. The number of hydrogen-bond acceptors (Lipinski definition) is 11. The lowest BCUT2D eigenvalue weighted by Gasteiger charge is -2.11. The molecule has 4 aromatic heterocycles. The van der Waals surface area contributed by atoms with E-state index >= 15 is 0 Å². The van der Waals surface area contributed by atoms with Crippen LogP contribution in [-0.2, 0) is 6.54 Å². The van der Waals surface area contributed by atoms with Crippen molar-refractivity contribution in [1.29, 1.82) is 0 Å². The Kier molecular flexibility index (Phi) is 7.70. The molecule has 0 aliphatic heterocycles. The number of aromatic nitrogens is 5. The third-order valence-electron chi connectivity index (χ3n) is 5.84. The number of ether oxygens (including phenoxy) is 2. The van der Waals surface area contributed by atoms with Crippen molar-refractivity contribution in [3.05, 3.63) is 53.7 Å². The number of nitrogens with zero attached hydrogens (tertiary/aromatic N) is 6. The summed E-state index contributed by atoms with van der Waals surface area (Å²) < 4.78 is 18.0. The van der Waals surface area contributed by atoms with E-state index in [0.717, 1.165) is 41.5 Å². The van der Waals surface area contributed by atoms with Crippen LogP contribution in [0.1, 0.15) is 12.0 Å². The van der Waals surface area contributed by atoms with Crippen molar-refractivity contribution in [2.24, 2.45) is 0 Å². The van der Waals surface area contributed by atoms with E-state index in [1.807, 2.05) is 35.7 Å². The molecule has 0 radical (unpaired) electrons. The van der Waals surface area contributed by atoms with Gasteiger partial charge in [0.25, 0.3) is 0 Å². The van der Waals surface area contributed by atoms with E-state index in [0.29, 0.717) is 41.2 Å². The average Bonchev–Trinajstić information content (AvgIpc) is 3.70. The monoisotopic (exact) mass is 534 g/mol. The molecule has 0 fully saturated rings. The predicted molar refractivity (Wildman–Crippen MR) is 148 cm³/mol. The van der Waals surface area contributed by atoms with Gasteiger partial charge in [0.15, 0.2) is 28.0 Å². The van der Waals surface area contributed by atoms with Crippen molar-refractivity contribution in [2.75, 3.05) is 52.0 Å². The fraction of sp³-hybridized carbons (Fsp3) is 0.308. The smallest absolute Gasteiger partial charge is 0.226 e. The first kappa shape index (κ1) is 25.5. The molecule has 11 nitrogen and oxygen atoms in total. The summed E-state index contributed by atoms with van der Waals surface area (Å²) in [5, 5.41) is 14.3. The highest BCUT2D eigenvalue weighted by Gasteiger charge is 2.18. The van der Waals surface area contributed by atoms with Crippen molar-refractivity contribution in [2.45, 2.75) is 13.0 Å². The lowest BCUT2D eigenvalue weighted by Crippen LogP contribution is -2.16. The van der Waals surface area contributed by atoms with Gasteiger partial charge in [0.1, 0.15) is 0 Å². The quantitative estimate of drug-likeness (QED) is 0.222. The number of rotatable bonds is 12. The highest BCUT2D eigenvalue weighted by atomic mass is 32.1. The zero-order valence-corrected chi connectivity index (χ0v) is 22.6. The minimum atomic E-state index is 0.468. The second-order valence-electron chi connectivity index (χ2n) is 8.81. The highest BCUT2D eigenvalue weighted by Crippen LogP contribution is 2.31. The first-order valence-corrected chi connectivity index (χ1v) is 13.0. The summed E-state index contributed by atoms with van der Waals surface area (Å²) in [4.78, 5) is 16.4. The first-order chi connectivity index (χ1) is 18.6. The van der Waals surface area contributed by atoms with Gasteiger partial charge in [-0.05, 0) is 56.9 Å². The topological polar surface area (TPSA) is 115 Å². The molecule has 0 spiro atoms. The average molecular weight is 535 g/mol. The SMILES string of the molecule is COc1ccc(CNc2ncc(-c3csc(NCCCN(C)C)n3)c3nc(-c4ccco4)nn23)cc1OC. The molecule has 12 heteroatoms. The van der Waals surface area contributed by atoms with Crippen molar-refractivity contribution >= 4 is 28.1 Å². The van der Waals surface area contributed by atoms with E-state index < -0.39 is 0 Å². The van der Waals surface area contributed by atoms with Gasteiger partial charge < -0.3 is 29.4 Å². The van der Waals surface area contributed by atoms with Crippen LogP contribution in [0, 0.1) is 0 Å². The van der Waals surface area contributed by atoms with E-state index in [-0.39, 0.29) is 0 Å². The molecule has 5 aromatic rings. The number of thiazole rings is 1. The maximum Gasteiger partial charge on any atom is 0.226 e. The zero-order chi connectivity index (χ0) is 26.5. The van der Waals surface area contributed by atoms with Gasteiger partial charge in [-0.1, -0.05) is 6.07 Å². The molecule has 0 amide bonds. The molecule has 0 unspecified atom stereocenters. The van der Waals surface area contributed by atoms with Crippen LogP contribution in [0.2, 0.25) is 0 Å². The largest absolute Gasteiger partial charge is 0.493 e. The second-order valence-corrected chi connectivity index (χ2v) is 9.67. The third-order valence-corrected chi connectivity index (χ3v) is 6.64. The molecular weight excluding hydrogens is 504 g/mol. The Morgan fingerprint density at radius 2 is 1.95 bits per heavy atom. The van der Waals surface area contributed by atoms with Crippen LogP contribution in [0.15, 0.2) is 52.6 Å². The molecule has 4 heterocycles. The second kappa shape index (κ2) is 11.5. The summed E-state index contributed by atoms with van der Waals surface area (Å²) in [7, 11) is 7.38. The third kappa shape index (κ3) is 5.55. The minimum Gasteiger partial charge on any atom is -0.493 e. The number of hydrogen-bond donors (Lipinski definition) is 2. The molecule has 0 saturated heterocycles. The van der Waals surface area contributed by atoms with Crippen molar-refractivity contribution in [1.82, 2.24) is 29.5 Å². The van der Waals surface area contributed by atoms with Crippen molar-refractivity contribution in [3.8, 4) is 34.3 Å². The number of furan rings is 1. The highest BCUT2D eigenvalue weighted by molar-refractivity contribution is 7.14. The molecular formula is C26H30N8O3S. The molecule has 38 heavy (non-hydrogen) atoms. The molecule has 2 N–H and O–H groups in total. The summed E-state index contributed by atoms with van der Waals surface area (Å²) in [6.45, 7) is 2.36. The van der Waals surface area contributed by atoms with Crippen LogP contribution in [0.5, 0.6) is 11.5 Å². The Morgan fingerprint density at radius 1 is 1.08 bits per heavy atom. The molecule has 0 saturated carbocycles. The zero-order valence-electron chi connectivity index (χ0n) is 21.8. The molecule has 0 bridgehead atoms. The number of anilines is 2. The molecule has 5 rings (SSSR count). The summed E-state index contributed by atoms with van der Waals surface area (Å²) in [6.07, 6.45) is 4.41. The van der Waals surface area contributed by atoms with Crippen LogP contribution in [0.4, 0.5) is 11.1 Å². The van der Waals surface area contributed by atoms with Crippen LogP contribution < -0.4 is 20.1 Å². The molecule has 0 aliphatic rings. The predicted octanol–water partition coefficient (Wildman–Crippen LogP) is 4.50. The Bertz CT molecular complexity index is 1500. The van der Waals surface area contributed by atoms with Gasteiger partial charge in [-0.25, -0.2) is 15.0 Å². The van der Waals surface area contributed by atoms with Crippen LogP contribution >= 0.6 is 11.3 Å². The standard InChI is InChI=1S/C26H30N8O3S/c1-33(2)11-6-10-27-26-30-19(16-38-26)18-15-29-25(28-14-17-8-9-20(35-3)22(13-17)36-4)34-24(18)31-23(32-34)21-7-5-12-37-21/h5,7-9,12-13,15-16H,6,10-11,14H2,1-4H3,(H,27,30)(H,28,29). The van der Waals surface area contributed by atoms with Crippen molar-refractivity contribution < 1.29 is 13.9 Å². The van der Waals surface area contributed by atoms with Gasteiger partial charge in [-0.3, -0.25) is 0 Å². The number of benzene rings is 1. The lowest BCUT2D eigenvalue weighted by molar-refractivity contribution is 0.354. The van der Waals surface area contributed by atoms with Crippen LogP contribution in [0.25, 0.3) is 28.5 Å². The van der Waals surface area contributed by atoms with E-state index in [4.69, 9.17) is 29.0 Å². The normalized spacial score (nSPS) is 11.3. The van der Waals surface area contributed by atoms with Gasteiger partial charge in [0.05, 0.1) is 31.7 Å². The summed E-state index contributed by atoms with van der Waals surface area (Å²) in [5.41, 5.74) is 3.19. The van der Waals surface area contributed by atoms with Crippen LogP contribution in [-0.4, -0.2) is 70.9 Å². The molecule has 1 aromatic carbocycles. The van der Waals surface area contributed by atoms with E-state index in [1.54, 1.807) is 42.5 Å². The summed E-state index contributed by atoms with van der Waals surface area (Å²) >= 11 is 1.56. The minimum absolute atomic E-state index is 0.468. The van der Waals surface area contributed by atoms with Crippen LogP contribution in [0.3, 0.4) is 0 Å². The number of methoxy groups -OCH3 is 2. The Morgan fingerprint density at radius 3 is 2.71 bits per heavy atom. The fourth-order valence-electron chi connectivity index (χ4n) is 3.92. The Hall–Kier alpha value is -4.16. The molecule has 0 atom stereocenters. The molecule has 0 aliphatic carbocycles. The fourth-order valence-corrected chi connectivity index (χ4v) is 4.66. The van der Waals surface area contributed by atoms with E-state index in [9.17, 15) is 0 Å². The number of nitrogens with one attached hydrogen (secondary N) is 2. The van der Waals surface area contributed by atoms with Gasteiger partial charge in [0.2, 0.25) is 11.8 Å². The van der Waals surface area contributed by atoms with Crippen molar-refractivity contribution in [3.63, 3.8) is 0 Å².